The molecule has 0 saturated carbocycles. The molecule has 0 spiro atoms. The van der Waals surface area contributed by atoms with Crippen molar-refractivity contribution < 1.29 is 24.5 Å². The fourth-order valence-corrected chi connectivity index (χ4v) is 1.86. The normalized spacial score (nSPS) is 22.2. The van der Waals surface area contributed by atoms with Gasteiger partial charge < -0.3 is 25.6 Å². The molecule has 0 radical (unpaired) electrons. The number of aliphatic hydroxyl groups excluding tert-OH is 1. The summed E-state index contributed by atoms with van der Waals surface area (Å²) in [5.41, 5.74) is 0. The molecule has 1 saturated heterocycles. The first-order valence-electron chi connectivity index (χ1n) is 6.03. The van der Waals surface area contributed by atoms with Crippen LogP contribution in [0.25, 0.3) is 0 Å². The second-order valence-corrected chi connectivity index (χ2v) is 4.43. The smallest absolute Gasteiger partial charge is 0.326 e. The van der Waals surface area contributed by atoms with Crippen LogP contribution in [0, 0.1) is 5.92 Å². The zero-order valence-electron chi connectivity index (χ0n) is 10.4. The van der Waals surface area contributed by atoms with Crippen molar-refractivity contribution in [3.63, 3.8) is 0 Å². The van der Waals surface area contributed by atoms with Crippen LogP contribution in [0.2, 0.25) is 0 Å². The summed E-state index contributed by atoms with van der Waals surface area (Å²) < 4.78 is 5.22. The lowest BCUT2D eigenvalue weighted by molar-refractivity contribution is -0.139. The van der Waals surface area contributed by atoms with Crippen LogP contribution in [-0.2, 0) is 9.53 Å². The number of aliphatic carboxylic acids is 1. The number of aliphatic hydroxyl groups is 1. The standard InChI is InChI=1S/C11H20N2O5/c1-7(8-3-5-18-6-8)12-11(17)13-9(2-4-14)10(15)16/h7-9,14H,2-6H2,1H3,(H,15,16)(H2,12,13,17)/t7?,8?,9-/m0/s1. The minimum atomic E-state index is -1.16. The molecule has 0 aromatic carbocycles. The SMILES string of the molecule is CC(NC(=O)N[C@@H](CCO)C(=O)O)C1CCOC1. The molecule has 1 aliphatic heterocycles. The maximum absolute atomic E-state index is 11.6. The molecule has 1 fully saturated rings. The number of carboxylic acid groups (broad SMARTS) is 1. The van der Waals surface area contributed by atoms with Crippen LogP contribution in [0.5, 0.6) is 0 Å². The molecule has 0 aliphatic carbocycles. The van der Waals surface area contributed by atoms with Crippen molar-refractivity contribution in [1.82, 2.24) is 10.6 Å². The van der Waals surface area contributed by atoms with Crippen LogP contribution in [-0.4, -0.2) is 54.1 Å². The van der Waals surface area contributed by atoms with E-state index in [2.05, 4.69) is 10.6 Å². The maximum Gasteiger partial charge on any atom is 0.326 e. The first-order valence-corrected chi connectivity index (χ1v) is 6.03. The Bertz CT molecular complexity index is 291. The molecule has 0 bridgehead atoms. The summed E-state index contributed by atoms with van der Waals surface area (Å²) >= 11 is 0. The Morgan fingerprint density at radius 1 is 1.44 bits per heavy atom. The zero-order chi connectivity index (χ0) is 13.5. The van der Waals surface area contributed by atoms with Gasteiger partial charge in [-0.25, -0.2) is 9.59 Å². The van der Waals surface area contributed by atoms with Gasteiger partial charge in [-0.2, -0.15) is 0 Å². The molecule has 1 heterocycles. The molecule has 7 heteroatoms. The van der Waals surface area contributed by atoms with E-state index in [4.69, 9.17) is 14.9 Å². The highest BCUT2D eigenvalue weighted by atomic mass is 16.5. The van der Waals surface area contributed by atoms with Crippen molar-refractivity contribution in [3.05, 3.63) is 0 Å². The summed E-state index contributed by atoms with van der Waals surface area (Å²) in [4.78, 5) is 22.4. The molecule has 2 unspecified atom stereocenters. The number of hydrogen-bond acceptors (Lipinski definition) is 4. The Kier molecular flexibility index (Phi) is 5.87. The molecule has 7 nitrogen and oxygen atoms in total. The Morgan fingerprint density at radius 2 is 2.17 bits per heavy atom. The van der Waals surface area contributed by atoms with E-state index in [0.29, 0.717) is 13.2 Å². The lowest BCUT2D eigenvalue weighted by Crippen LogP contribution is -2.50. The third-order valence-electron chi connectivity index (χ3n) is 3.05. The van der Waals surface area contributed by atoms with Crippen molar-refractivity contribution in [2.45, 2.75) is 31.8 Å². The first-order chi connectivity index (χ1) is 8.54. The molecule has 0 aromatic rings. The highest BCUT2D eigenvalue weighted by Gasteiger charge is 2.25. The number of hydrogen-bond donors (Lipinski definition) is 4. The van der Waals surface area contributed by atoms with E-state index in [0.717, 1.165) is 6.42 Å². The fraction of sp³-hybridized carbons (Fsp3) is 0.818. The molecule has 1 aliphatic rings. The summed E-state index contributed by atoms with van der Waals surface area (Å²) in [6.45, 7) is 2.88. The number of carboxylic acids is 1. The molecular formula is C11H20N2O5. The largest absolute Gasteiger partial charge is 0.480 e. The predicted octanol–water partition coefficient (Wildman–Crippen LogP) is -0.454. The minimum Gasteiger partial charge on any atom is -0.480 e. The average molecular weight is 260 g/mol. The van der Waals surface area contributed by atoms with E-state index in [1.165, 1.54) is 0 Å². The number of amides is 2. The summed E-state index contributed by atoms with van der Waals surface area (Å²) in [6, 6.07) is -1.67. The molecule has 104 valence electrons. The van der Waals surface area contributed by atoms with Gasteiger partial charge in [0, 0.05) is 31.6 Å². The van der Waals surface area contributed by atoms with Gasteiger partial charge in [-0.05, 0) is 13.3 Å². The lowest BCUT2D eigenvalue weighted by atomic mass is 10.0. The number of nitrogens with one attached hydrogen (secondary N) is 2. The van der Waals surface area contributed by atoms with Gasteiger partial charge in [0.15, 0.2) is 0 Å². The summed E-state index contributed by atoms with van der Waals surface area (Å²) in [5.74, 6) is -0.895. The summed E-state index contributed by atoms with van der Waals surface area (Å²) in [6.07, 6.45) is 0.879. The number of carbonyl (C=O) groups is 2. The second-order valence-electron chi connectivity index (χ2n) is 4.43. The van der Waals surface area contributed by atoms with E-state index in [9.17, 15) is 9.59 Å². The van der Waals surface area contributed by atoms with Gasteiger partial charge in [-0.3, -0.25) is 0 Å². The Labute approximate surface area is 106 Å². The van der Waals surface area contributed by atoms with Crippen molar-refractivity contribution in [2.75, 3.05) is 19.8 Å². The van der Waals surface area contributed by atoms with E-state index >= 15 is 0 Å². The molecule has 0 aromatic heterocycles. The molecule has 1 rings (SSSR count). The average Bonchev–Trinajstić information content (AvgIpc) is 2.81. The van der Waals surface area contributed by atoms with Crippen LogP contribution in [0.4, 0.5) is 4.79 Å². The quantitative estimate of drug-likeness (QED) is 0.517. The van der Waals surface area contributed by atoms with Crippen molar-refractivity contribution in [1.29, 1.82) is 0 Å². The zero-order valence-corrected chi connectivity index (χ0v) is 10.4. The molecule has 4 N–H and O–H groups in total. The van der Waals surface area contributed by atoms with E-state index in [1.807, 2.05) is 6.92 Å². The Hall–Kier alpha value is -1.34. The van der Waals surface area contributed by atoms with Crippen molar-refractivity contribution in [3.8, 4) is 0 Å². The first kappa shape index (κ1) is 14.7. The van der Waals surface area contributed by atoms with Gasteiger partial charge in [0.1, 0.15) is 6.04 Å². The van der Waals surface area contributed by atoms with Crippen LogP contribution in [0.15, 0.2) is 0 Å². The van der Waals surface area contributed by atoms with Gasteiger partial charge in [0.25, 0.3) is 0 Å². The highest BCUT2D eigenvalue weighted by molar-refractivity contribution is 5.82. The van der Waals surface area contributed by atoms with Crippen molar-refractivity contribution in [2.24, 2.45) is 5.92 Å². The van der Waals surface area contributed by atoms with Crippen LogP contribution in [0.3, 0.4) is 0 Å². The lowest BCUT2D eigenvalue weighted by Gasteiger charge is -2.21. The monoisotopic (exact) mass is 260 g/mol. The van der Waals surface area contributed by atoms with Gasteiger partial charge in [0.05, 0.1) is 6.61 Å². The number of rotatable bonds is 6. The topological polar surface area (TPSA) is 108 Å². The van der Waals surface area contributed by atoms with Gasteiger partial charge in [-0.1, -0.05) is 0 Å². The van der Waals surface area contributed by atoms with Crippen LogP contribution in [0.1, 0.15) is 19.8 Å². The van der Waals surface area contributed by atoms with Crippen molar-refractivity contribution >= 4 is 12.0 Å². The maximum atomic E-state index is 11.6. The number of ether oxygens (including phenoxy) is 1. The molecular weight excluding hydrogens is 240 g/mol. The van der Waals surface area contributed by atoms with E-state index in [1.54, 1.807) is 0 Å². The fourth-order valence-electron chi connectivity index (χ4n) is 1.86. The Morgan fingerprint density at radius 3 is 2.67 bits per heavy atom. The van der Waals surface area contributed by atoms with Gasteiger partial charge >= 0.3 is 12.0 Å². The molecule has 3 atom stereocenters. The van der Waals surface area contributed by atoms with E-state index < -0.39 is 18.0 Å². The van der Waals surface area contributed by atoms with Gasteiger partial charge in [-0.15, -0.1) is 0 Å². The number of carbonyl (C=O) groups excluding carboxylic acids is 1. The molecule has 18 heavy (non-hydrogen) atoms. The summed E-state index contributed by atoms with van der Waals surface area (Å²) in [5, 5.41) is 22.5. The Balaban J connectivity index is 2.36. The molecule has 2 amide bonds. The highest BCUT2D eigenvalue weighted by Crippen LogP contribution is 2.16. The third-order valence-corrected chi connectivity index (χ3v) is 3.05. The minimum absolute atomic E-state index is 0.0102. The van der Waals surface area contributed by atoms with Crippen LogP contribution >= 0.6 is 0 Å². The van der Waals surface area contributed by atoms with Crippen LogP contribution < -0.4 is 10.6 Å². The third kappa shape index (κ3) is 4.50. The summed E-state index contributed by atoms with van der Waals surface area (Å²) in [7, 11) is 0. The predicted molar refractivity (Wildman–Crippen MR) is 63.2 cm³/mol. The second kappa shape index (κ2) is 7.17. The van der Waals surface area contributed by atoms with Gasteiger partial charge in [0.2, 0.25) is 0 Å². The number of urea groups is 1. The van der Waals surface area contributed by atoms with E-state index in [-0.39, 0.29) is 25.0 Å².